The minimum Gasteiger partial charge on any atom is -0.479 e. The fourth-order valence-corrected chi connectivity index (χ4v) is 3.21. The molecule has 0 aliphatic rings. The Labute approximate surface area is 170 Å². The summed E-state index contributed by atoms with van der Waals surface area (Å²) in [7, 11) is 0. The van der Waals surface area contributed by atoms with Gasteiger partial charge in [-0.25, -0.2) is 22.4 Å². The predicted molar refractivity (Wildman–Crippen MR) is 103 cm³/mol. The number of carboxylic acids is 1. The number of rotatable bonds is 7. The first-order valence-electron chi connectivity index (χ1n) is 9.13. The molecule has 0 heterocycles. The molecule has 0 unspecified atom stereocenters. The van der Waals surface area contributed by atoms with Gasteiger partial charge in [-0.05, 0) is 60.7 Å². The third-order valence-electron chi connectivity index (χ3n) is 4.74. The average molecular weight is 418 g/mol. The minimum atomic E-state index is -1.30. The maximum Gasteiger partial charge on any atom is 0.341 e. The summed E-state index contributed by atoms with van der Waals surface area (Å²) in [6.07, 6.45) is -0.191. The zero-order valence-corrected chi connectivity index (χ0v) is 16.0. The molecule has 0 aliphatic heterocycles. The maximum absolute atomic E-state index is 15.1. The number of carboxylic acid groups (broad SMARTS) is 1. The Morgan fingerprint density at radius 3 is 2.37 bits per heavy atom. The average Bonchev–Trinajstić information content (AvgIpc) is 2.69. The molecule has 0 bridgehead atoms. The van der Waals surface area contributed by atoms with Crippen LogP contribution in [0.1, 0.15) is 16.7 Å². The van der Waals surface area contributed by atoms with E-state index < -0.39 is 35.8 Å². The van der Waals surface area contributed by atoms with E-state index in [4.69, 9.17) is 9.84 Å². The van der Waals surface area contributed by atoms with Crippen molar-refractivity contribution in [3.8, 4) is 16.9 Å². The van der Waals surface area contributed by atoms with Crippen molar-refractivity contribution in [1.29, 1.82) is 0 Å². The van der Waals surface area contributed by atoms with Gasteiger partial charge in [0.1, 0.15) is 17.5 Å². The fourth-order valence-electron chi connectivity index (χ4n) is 3.21. The Balaban J connectivity index is 1.90. The van der Waals surface area contributed by atoms with Gasteiger partial charge in [-0.3, -0.25) is 0 Å². The van der Waals surface area contributed by atoms with Crippen LogP contribution in [0.5, 0.6) is 5.75 Å². The van der Waals surface area contributed by atoms with Crippen LogP contribution in [0.15, 0.2) is 48.5 Å². The van der Waals surface area contributed by atoms with E-state index in [-0.39, 0.29) is 35.3 Å². The molecule has 30 heavy (non-hydrogen) atoms. The summed E-state index contributed by atoms with van der Waals surface area (Å²) in [6.45, 7) is 0.901. The van der Waals surface area contributed by atoms with Gasteiger partial charge < -0.3 is 9.84 Å². The summed E-state index contributed by atoms with van der Waals surface area (Å²) in [4.78, 5) is 10.6. The van der Waals surface area contributed by atoms with E-state index in [1.54, 1.807) is 19.1 Å². The zero-order valence-electron chi connectivity index (χ0n) is 16.0. The lowest BCUT2D eigenvalue weighted by molar-refractivity contribution is -0.139. The number of hydrogen-bond donors (Lipinski definition) is 1. The van der Waals surface area contributed by atoms with Crippen molar-refractivity contribution in [3.63, 3.8) is 0 Å². The topological polar surface area (TPSA) is 46.5 Å². The number of aryl methyl sites for hydroxylation is 1. The number of aliphatic carboxylic acids is 1. The van der Waals surface area contributed by atoms with Gasteiger partial charge in [-0.15, -0.1) is 0 Å². The summed E-state index contributed by atoms with van der Waals surface area (Å²) < 4.78 is 62.3. The highest BCUT2D eigenvalue weighted by Crippen LogP contribution is 2.30. The highest BCUT2D eigenvalue weighted by Gasteiger charge is 2.18. The van der Waals surface area contributed by atoms with E-state index in [0.717, 1.165) is 12.1 Å². The molecule has 0 spiro atoms. The van der Waals surface area contributed by atoms with Crippen LogP contribution in [0, 0.1) is 30.2 Å². The van der Waals surface area contributed by atoms with Crippen LogP contribution in [-0.4, -0.2) is 17.7 Å². The summed E-state index contributed by atoms with van der Waals surface area (Å²) in [5.74, 6) is -4.63. The number of halogens is 4. The third-order valence-corrected chi connectivity index (χ3v) is 4.74. The lowest BCUT2D eigenvalue weighted by atomic mass is 9.94. The molecule has 3 aromatic carbocycles. The molecule has 0 radical (unpaired) electrons. The number of ether oxygens (including phenoxy) is 1. The maximum atomic E-state index is 15.1. The third kappa shape index (κ3) is 4.62. The van der Waals surface area contributed by atoms with Gasteiger partial charge in [0.25, 0.3) is 0 Å². The van der Waals surface area contributed by atoms with Crippen LogP contribution in [-0.2, 0) is 17.6 Å². The van der Waals surface area contributed by atoms with Gasteiger partial charge in [0.15, 0.2) is 18.2 Å². The molecule has 0 fully saturated rings. The summed E-state index contributed by atoms with van der Waals surface area (Å²) in [5.41, 5.74) is 1.07. The van der Waals surface area contributed by atoms with Crippen molar-refractivity contribution >= 4 is 5.97 Å². The normalized spacial score (nSPS) is 10.8. The molecule has 0 saturated heterocycles. The van der Waals surface area contributed by atoms with Gasteiger partial charge >= 0.3 is 5.97 Å². The lowest BCUT2D eigenvalue weighted by Crippen LogP contribution is -2.11. The van der Waals surface area contributed by atoms with Crippen molar-refractivity contribution in [3.05, 3.63) is 88.5 Å². The molecule has 156 valence electrons. The quantitative estimate of drug-likeness (QED) is 0.518. The first-order valence-corrected chi connectivity index (χ1v) is 9.13. The highest BCUT2D eigenvalue weighted by molar-refractivity contribution is 5.68. The van der Waals surface area contributed by atoms with Gasteiger partial charge in [-0.2, -0.15) is 0 Å². The molecule has 3 rings (SSSR count). The second kappa shape index (κ2) is 8.98. The first-order chi connectivity index (χ1) is 14.3. The van der Waals surface area contributed by atoms with Crippen molar-refractivity contribution in [2.24, 2.45) is 0 Å². The molecule has 3 nitrogen and oxygen atoms in total. The van der Waals surface area contributed by atoms with E-state index in [1.165, 1.54) is 24.3 Å². The Hall–Kier alpha value is -3.35. The Morgan fingerprint density at radius 1 is 0.933 bits per heavy atom. The van der Waals surface area contributed by atoms with Crippen molar-refractivity contribution in [2.75, 3.05) is 6.61 Å². The van der Waals surface area contributed by atoms with Crippen LogP contribution >= 0.6 is 0 Å². The van der Waals surface area contributed by atoms with Crippen LogP contribution in [0.3, 0.4) is 0 Å². The fraction of sp³-hybridized carbons (Fsp3) is 0.174. The monoisotopic (exact) mass is 418 g/mol. The first kappa shape index (κ1) is 21.4. The Kier molecular flexibility index (Phi) is 6.40. The molecule has 0 amide bonds. The van der Waals surface area contributed by atoms with Crippen LogP contribution in [0.4, 0.5) is 17.6 Å². The molecule has 1 N–H and O–H groups in total. The largest absolute Gasteiger partial charge is 0.479 e. The van der Waals surface area contributed by atoms with E-state index in [9.17, 15) is 18.0 Å². The smallest absolute Gasteiger partial charge is 0.341 e. The standard InChI is InChI=1S/C23H18F4O3/c1-13-5-6-17(14-3-2-4-15(24)11-14)22(26)16(13)7-8-18-19(25)9-10-20(23(18)27)30-12-21(28)29/h2-6,9-11H,7-8,12H2,1H3,(H,28,29). The molecule has 0 atom stereocenters. The van der Waals surface area contributed by atoms with Crippen LogP contribution in [0.25, 0.3) is 11.1 Å². The number of carbonyl (C=O) groups is 1. The van der Waals surface area contributed by atoms with Crippen molar-refractivity contribution in [2.45, 2.75) is 19.8 Å². The number of benzene rings is 3. The number of hydrogen-bond acceptors (Lipinski definition) is 2. The molecule has 0 aromatic heterocycles. The second-order valence-corrected chi connectivity index (χ2v) is 6.75. The molecule has 0 aliphatic carbocycles. The summed E-state index contributed by atoms with van der Waals surface area (Å²) in [6, 6.07) is 10.7. The SMILES string of the molecule is Cc1ccc(-c2cccc(F)c2)c(F)c1CCc1c(F)ccc(OCC(=O)O)c1F. The molecule has 0 saturated carbocycles. The van der Waals surface area contributed by atoms with Crippen molar-refractivity contribution < 1.29 is 32.2 Å². The van der Waals surface area contributed by atoms with Gasteiger partial charge in [-0.1, -0.05) is 24.3 Å². The van der Waals surface area contributed by atoms with E-state index in [1.807, 2.05) is 0 Å². The van der Waals surface area contributed by atoms with Crippen molar-refractivity contribution in [1.82, 2.24) is 0 Å². The van der Waals surface area contributed by atoms with E-state index in [0.29, 0.717) is 11.1 Å². The summed E-state index contributed by atoms with van der Waals surface area (Å²) in [5, 5.41) is 8.65. The van der Waals surface area contributed by atoms with Crippen LogP contribution in [0.2, 0.25) is 0 Å². The second-order valence-electron chi connectivity index (χ2n) is 6.75. The summed E-state index contributed by atoms with van der Waals surface area (Å²) >= 11 is 0. The van der Waals surface area contributed by atoms with Crippen LogP contribution < -0.4 is 4.74 Å². The Bertz CT molecular complexity index is 1100. The van der Waals surface area contributed by atoms with E-state index >= 15 is 4.39 Å². The predicted octanol–water partition coefficient (Wildman–Crippen LogP) is 5.47. The van der Waals surface area contributed by atoms with Gasteiger partial charge in [0, 0.05) is 11.1 Å². The minimum absolute atomic E-state index is 0.0168. The molecular weight excluding hydrogens is 400 g/mol. The molecule has 7 heteroatoms. The Morgan fingerprint density at radius 2 is 1.67 bits per heavy atom. The van der Waals surface area contributed by atoms with Gasteiger partial charge in [0.2, 0.25) is 0 Å². The lowest BCUT2D eigenvalue weighted by Gasteiger charge is -2.14. The van der Waals surface area contributed by atoms with E-state index in [2.05, 4.69) is 0 Å². The molecule has 3 aromatic rings. The molecular formula is C23H18F4O3. The zero-order chi connectivity index (χ0) is 21.8. The van der Waals surface area contributed by atoms with Gasteiger partial charge in [0.05, 0.1) is 0 Å². The highest BCUT2D eigenvalue weighted by atomic mass is 19.1.